The van der Waals surface area contributed by atoms with E-state index in [1.807, 2.05) is 51.8 Å². The van der Waals surface area contributed by atoms with Gasteiger partial charge in [-0.3, -0.25) is 0 Å². The molecule has 0 saturated carbocycles. The van der Waals surface area contributed by atoms with Gasteiger partial charge in [0.05, 0.1) is 14.2 Å². The SMILES string of the molecule is COc1cc(N(C)c2nc(C)c(C)c(C)n2)cc(C)c1OC. The van der Waals surface area contributed by atoms with Gasteiger partial charge in [0.2, 0.25) is 5.95 Å². The fourth-order valence-electron chi connectivity index (χ4n) is 2.35. The van der Waals surface area contributed by atoms with E-state index in [0.717, 1.165) is 34.0 Å². The van der Waals surface area contributed by atoms with Crippen molar-refractivity contribution in [3.63, 3.8) is 0 Å². The van der Waals surface area contributed by atoms with Crippen molar-refractivity contribution in [2.45, 2.75) is 27.7 Å². The molecule has 0 fully saturated rings. The molecule has 0 N–H and O–H groups in total. The fraction of sp³-hybridized carbons (Fsp3) is 0.412. The Morgan fingerprint density at radius 2 is 1.50 bits per heavy atom. The predicted octanol–water partition coefficient (Wildman–Crippen LogP) is 3.50. The second kappa shape index (κ2) is 6.22. The van der Waals surface area contributed by atoms with E-state index >= 15 is 0 Å². The van der Waals surface area contributed by atoms with Crippen LogP contribution in [0.2, 0.25) is 0 Å². The maximum absolute atomic E-state index is 5.42. The summed E-state index contributed by atoms with van der Waals surface area (Å²) < 4.78 is 10.8. The molecule has 118 valence electrons. The zero-order valence-electron chi connectivity index (χ0n) is 14.3. The van der Waals surface area contributed by atoms with Gasteiger partial charge in [-0.05, 0) is 44.9 Å². The van der Waals surface area contributed by atoms with Crippen molar-refractivity contribution in [3.05, 3.63) is 34.6 Å². The summed E-state index contributed by atoms with van der Waals surface area (Å²) >= 11 is 0. The van der Waals surface area contributed by atoms with E-state index in [1.54, 1.807) is 14.2 Å². The van der Waals surface area contributed by atoms with E-state index in [2.05, 4.69) is 9.97 Å². The quantitative estimate of drug-likeness (QED) is 0.865. The molecule has 0 amide bonds. The highest BCUT2D eigenvalue weighted by Crippen LogP contribution is 2.36. The number of anilines is 2. The molecule has 1 heterocycles. The molecule has 0 bridgehead atoms. The van der Waals surface area contributed by atoms with Crippen molar-refractivity contribution < 1.29 is 9.47 Å². The van der Waals surface area contributed by atoms with Crippen LogP contribution in [0.25, 0.3) is 0 Å². The molecule has 0 radical (unpaired) electrons. The smallest absolute Gasteiger partial charge is 0.230 e. The number of benzene rings is 1. The monoisotopic (exact) mass is 301 g/mol. The summed E-state index contributed by atoms with van der Waals surface area (Å²) in [6, 6.07) is 3.97. The van der Waals surface area contributed by atoms with Crippen LogP contribution < -0.4 is 14.4 Å². The zero-order valence-corrected chi connectivity index (χ0v) is 14.3. The van der Waals surface area contributed by atoms with Crippen molar-refractivity contribution in [3.8, 4) is 11.5 Å². The molecule has 0 aliphatic carbocycles. The van der Waals surface area contributed by atoms with Gasteiger partial charge in [-0.1, -0.05) is 0 Å². The van der Waals surface area contributed by atoms with Crippen molar-refractivity contribution in [2.75, 3.05) is 26.2 Å². The Morgan fingerprint density at radius 3 is 2.00 bits per heavy atom. The van der Waals surface area contributed by atoms with E-state index in [-0.39, 0.29) is 0 Å². The predicted molar refractivity (Wildman–Crippen MR) is 88.6 cm³/mol. The van der Waals surface area contributed by atoms with Crippen LogP contribution >= 0.6 is 0 Å². The first-order valence-electron chi connectivity index (χ1n) is 7.17. The number of hydrogen-bond donors (Lipinski definition) is 0. The molecule has 0 saturated heterocycles. The largest absolute Gasteiger partial charge is 0.493 e. The third kappa shape index (κ3) is 2.84. The molecule has 1 aromatic heterocycles. The summed E-state index contributed by atoms with van der Waals surface area (Å²) in [6.07, 6.45) is 0. The highest BCUT2D eigenvalue weighted by atomic mass is 16.5. The summed E-state index contributed by atoms with van der Waals surface area (Å²) in [7, 11) is 5.23. The van der Waals surface area contributed by atoms with Crippen LogP contribution in [0.3, 0.4) is 0 Å². The molecule has 0 aliphatic heterocycles. The number of aromatic nitrogens is 2. The second-order valence-corrected chi connectivity index (χ2v) is 5.38. The molecular formula is C17H23N3O2. The summed E-state index contributed by atoms with van der Waals surface area (Å²) in [5, 5.41) is 0. The molecule has 0 atom stereocenters. The Kier molecular flexibility index (Phi) is 4.54. The first-order chi connectivity index (χ1) is 10.4. The van der Waals surface area contributed by atoms with Gasteiger partial charge in [0.25, 0.3) is 0 Å². The molecule has 0 aliphatic rings. The Labute approximate surface area is 131 Å². The van der Waals surface area contributed by atoms with Crippen LogP contribution in [0.15, 0.2) is 12.1 Å². The van der Waals surface area contributed by atoms with E-state index in [1.165, 1.54) is 0 Å². The van der Waals surface area contributed by atoms with Gasteiger partial charge in [-0.2, -0.15) is 0 Å². The molecule has 2 rings (SSSR count). The van der Waals surface area contributed by atoms with Gasteiger partial charge in [0, 0.05) is 30.2 Å². The van der Waals surface area contributed by atoms with Gasteiger partial charge < -0.3 is 14.4 Å². The van der Waals surface area contributed by atoms with Gasteiger partial charge in [-0.25, -0.2) is 9.97 Å². The summed E-state index contributed by atoms with van der Waals surface area (Å²) in [5.74, 6) is 2.12. The minimum Gasteiger partial charge on any atom is -0.493 e. The number of ether oxygens (including phenoxy) is 2. The van der Waals surface area contributed by atoms with E-state index in [4.69, 9.17) is 9.47 Å². The van der Waals surface area contributed by atoms with Crippen molar-refractivity contribution >= 4 is 11.6 Å². The number of rotatable bonds is 4. The lowest BCUT2D eigenvalue weighted by Crippen LogP contribution is -2.15. The first kappa shape index (κ1) is 16.1. The maximum Gasteiger partial charge on any atom is 0.230 e. The first-order valence-corrected chi connectivity index (χ1v) is 7.17. The number of aryl methyl sites for hydroxylation is 3. The normalized spacial score (nSPS) is 10.5. The third-order valence-electron chi connectivity index (χ3n) is 3.96. The van der Waals surface area contributed by atoms with Crippen molar-refractivity contribution in [2.24, 2.45) is 0 Å². The fourth-order valence-corrected chi connectivity index (χ4v) is 2.35. The zero-order chi connectivity index (χ0) is 16.4. The van der Waals surface area contributed by atoms with E-state index < -0.39 is 0 Å². The standard InChI is InChI=1S/C17H23N3O2/c1-10-8-14(9-15(21-6)16(10)22-7)20(5)17-18-12(3)11(2)13(4)19-17/h8-9H,1-7H3. The Balaban J connectivity index is 2.50. The molecule has 5 heteroatoms. The van der Waals surface area contributed by atoms with Gasteiger partial charge in [0.1, 0.15) is 0 Å². The third-order valence-corrected chi connectivity index (χ3v) is 3.96. The van der Waals surface area contributed by atoms with Crippen molar-refractivity contribution in [1.29, 1.82) is 0 Å². The average Bonchev–Trinajstić information content (AvgIpc) is 2.50. The molecule has 22 heavy (non-hydrogen) atoms. The Morgan fingerprint density at radius 1 is 0.909 bits per heavy atom. The molecule has 2 aromatic rings. The maximum atomic E-state index is 5.42. The molecular weight excluding hydrogens is 278 g/mol. The summed E-state index contributed by atoms with van der Waals surface area (Å²) in [5.41, 5.74) is 5.07. The highest BCUT2D eigenvalue weighted by molar-refractivity contribution is 5.64. The minimum atomic E-state index is 0.673. The topological polar surface area (TPSA) is 47.5 Å². The Hall–Kier alpha value is -2.30. The van der Waals surface area contributed by atoms with Crippen LogP contribution in [0.5, 0.6) is 11.5 Å². The summed E-state index contributed by atoms with van der Waals surface area (Å²) in [6.45, 7) is 8.03. The molecule has 1 aromatic carbocycles. The highest BCUT2D eigenvalue weighted by Gasteiger charge is 2.15. The lowest BCUT2D eigenvalue weighted by atomic mass is 10.1. The van der Waals surface area contributed by atoms with E-state index in [9.17, 15) is 0 Å². The summed E-state index contributed by atoms with van der Waals surface area (Å²) in [4.78, 5) is 11.1. The van der Waals surface area contributed by atoms with Crippen LogP contribution in [0.4, 0.5) is 11.6 Å². The van der Waals surface area contributed by atoms with Gasteiger partial charge in [0.15, 0.2) is 11.5 Å². The van der Waals surface area contributed by atoms with Crippen molar-refractivity contribution in [1.82, 2.24) is 9.97 Å². The lowest BCUT2D eigenvalue weighted by Gasteiger charge is -2.21. The molecule has 0 unspecified atom stereocenters. The Bertz CT molecular complexity index is 676. The number of hydrogen-bond acceptors (Lipinski definition) is 5. The average molecular weight is 301 g/mol. The minimum absolute atomic E-state index is 0.673. The second-order valence-electron chi connectivity index (χ2n) is 5.38. The van der Waals surface area contributed by atoms with Gasteiger partial charge in [-0.15, -0.1) is 0 Å². The van der Waals surface area contributed by atoms with Crippen LogP contribution in [0.1, 0.15) is 22.5 Å². The van der Waals surface area contributed by atoms with Crippen LogP contribution in [-0.2, 0) is 0 Å². The molecule has 5 nitrogen and oxygen atoms in total. The van der Waals surface area contributed by atoms with E-state index in [0.29, 0.717) is 11.7 Å². The van der Waals surface area contributed by atoms with Gasteiger partial charge >= 0.3 is 0 Å². The lowest BCUT2D eigenvalue weighted by molar-refractivity contribution is 0.353. The number of nitrogens with zero attached hydrogens (tertiary/aromatic N) is 3. The van der Waals surface area contributed by atoms with Crippen LogP contribution in [-0.4, -0.2) is 31.2 Å². The number of methoxy groups -OCH3 is 2. The van der Waals surface area contributed by atoms with Crippen LogP contribution in [0, 0.1) is 27.7 Å². The molecule has 0 spiro atoms.